The van der Waals surface area contributed by atoms with Gasteiger partial charge in [0.25, 0.3) is 0 Å². The van der Waals surface area contributed by atoms with E-state index in [0.29, 0.717) is 5.75 Å². The third-order valence-corrected chi connectivity index (χ3v) is 4.44. The summed E-state index contributed by atoms with van der Waals surface area (Å²) in [6.45, 7) is 0.777. The van der Waals surface area contributed by atoms with Crippen LogP contribution in [-0.2, 0) is 11.2 Å². The first-order valence-electron chi connectivity index (χ1n) is 7.37. The third kappa shape index (κ3) is 8.29. The van der Waals surface area contributed by atoms with Crippen molar-refractivity contribution >= 4 is 35.1 Å². The number of hydrogen-bond donors (Lipinski definition) is 2. The van der Waals surface area contributed by atoms with Crippen LogP contribution < -0.4 is 5.73 Å². The molecule has 1 aromatic rings. The number of aliphatic carboxylic acids is 1. The van der Waals surface area contributed by atoms with Crippen LogP contribution in [-0.4, -0.2) is 34.6 Å². The van der Waals surface area contributed by atoms with Crippen molar-refractivity contribution < 1.29 is 9.90 Å². The molecule has 0 fully saturated rings. The number of thioether (sulfide) groups is 1. The highest BCUT2D eigenvalue weighted by molar-refractivity contribution is 7.99. The number of carbonyl (C=O) groups is 1. The Morgan fingerprint density at radius 1 is 1.36 bits per heavy atom. The average molecular weight is 338 g/mol. The molecule has 0 saturated carbocycles. The number of unbranched alkanes of at least 4 members (excludes halogenated alkanes) is 3. The summed E-state index contributed by atoms with van der Waals surface area (Å²) in [4.78, 5) is 15.7. The van der Waals surface area contributed by atoms with Crippen molar-refractivity contribution in [3.8, 4) is 0 Å². The Kier molecular flexibility index (Phi) is 9.75. The van der Waals surface area contributed by atoms with Crippen molar-refractivity contribution in [3.05, 3.63) is 29.8 Å². The molecular formula is C16H22N2O2S2. The van der Waals surface area contributed by atoms with Crippen molar-refractivity contribution in [3.63, 3.8) is 0 Å². The third-order valence-electron chi connectivity index (χ3n) is 3.20. The molecule has 0 spiro atoms. The van der Waals surface area contributed by atoms with Gasteiger partial charge in [0.05, 0.1) is 5.16 Å². The fraction of sp³-hybridized carbons (Fsp3) is 0.500. The Balaban J connectivity index is 2.28. The van der Waals surface area contributed by atoms with Crippen LogP contribution in [0.15, 0.2) is 34.2 Å². The van der Waals surface area contributed by atoms with Crippen molar-refractivity contribution in [2.24, 2.45) is 10.7 Å². The second-order valence-corrected chi connectivity index (χ2v) is 6.32. The zero-order chi connectivity index (χ0) is 16.2. The standard InChI is InChI=1S/C16H22N2O2S2/c17-15(16(19)20)11-22-14-8-5-7-13(10-14)6-3-1-2-4-9-18-12-21/h5,7-8,10,15H,1-4,6,9,11,17H2,(H,19,20)/t15-/m0/s1. The SMILES string of the molecule is N[C@@H](CSc1cccc(CCCCCCN=C=S)c1)C(=O)O. The molecule has 0 unspecified atom stereocenters. The van der Waals surface area contributed by atoms with Crippen LogP contribution in [0.3, 0.4) is 0 Å². The van der Waals surface area contributed by atoms with Crippen molar-refractivity contribution in [2.45, 2.75) is 43.0 Å². The second kappa shape index (κ2) is 11.4. The number of carboxylic acid groups (broad SMARTS) is 1. The molecule has 3 N–H and O–H groups in total. The number of aryl methyl sites for hydroxylation is 1. The second-order valence-electron chi connectivity index (χ2n) is 5.04. The normalized spacial score (nSPS) is 11.7. The van der Waals surface area contributed by atoms with E-state index in [0.717, 1.165) is 37.1 Å². The Morgan fingerprint density at radius 2 is 2.14 bits per heavy atom. The van der Waals surface area contributed by atoms with Gasteiger partial charge in [-0.25, -0.2) is 4.99 Å². The van der Waals surface area contributed by atoms with Crippen LogP contribution >= 0.6 is 24.0 Å². The van der Waals surface area contributed by atoms with Gasteiger partial charge in [0.2, 0.25) is 0 Å². The Labute approximate surface area is 141 Å². The quantitative estimate of drug-likeness (QED) is 0.280. The maximum absolute atomic E-state index is 10.7. The minimum Gasteiger partial charge on any atom is -0.480 e. The van der Waals surface area contributed by atoms with E-state index in [2.05, 4.69) is 34.5 Å². The summed E-state index contributed by atoms with van der Waals surface area (Å²) in [5.41, 5.74) is 6.79. The molecule has 0 amide bonds. The summed E-state index contributed by atoms with van der Waals surface area (Å²) in [6.07, 6.45) is 5.57. The van der Waals surface area contributed by atoms with Crippen LogP contribution in [0.25, 0.3) is 0 Å². The van der Waals surface area contributed by atoms with Gasteiger partial charge in [0.1, 0.15) is 6.04 Å². The summed E-state index contributed by atoms with van der Waals surface area (Å²) in [7, 11) is 0. The van der Waals surface area contributed by atoms with E-state index < -0.39 is 12.0 Å². The lowest BCUT2D eigenvalue weighted by Gasteiger charge is -2.08. The van der Waals surface area contributed by atoms with E-state index in [9.17, 15) is 4.79 Å². The minimum absolute atomic E-state index is 0.388. The smallest absolute Gasteiger partial charge is 0.321 e. The Morgan fingerprint density at radius 3 is 2.86 bits per heavy atom. The van der Waals surface area contributed by atoms with Gasteiger partial charge in [0.15, 0.2) is 0 Å². The fourth-order valence-corrected chi connectivity index (χ4v) is 2.98. The van der Waals surface area contributed by atoms with Gasteiger partial charge in [-0.2, -0.15) is 0 Å². The highest BCUT2D eigenvalue weighted by Gasteiger charge is 2.11. The molecule has 1 aromatic carbocycles. The van der Waals surface area contributed by atoms with Crippen molar-refractivity contribution in [2.75, 3.05) is 12.3 Å². The zero-order valence-electron chi connectivity index (χ0n) is 12.5. The summed E-state index contributed by atoms with van der Waals surface area (Å²) in [5.74, 6) is -0.569. The maximum Gasteiger partial charge on any atom is 0.321 e. The zero-order valence-corrected chi connectivity index (χ0v) is 14.2. The van der Waals surface area contributed by atoms with E-state index in [1.807, 2.05) is 12.1 Å². The number of thiocarbonyl (C=S) groups is 1. The van der Waals surface area contributed by atoms with Gasteiger partial charge >= 0.3 is 5.97 Å². The molecule has 0 bridgehead atoms. The number of rotatable bonds is 11. The van der Waals surface area contributed by atoms with E-state index in [4.69, 9.17) is 10.8 Å². The molecule has 0 aliphatic rings. The predicted molar refractivity (Wildman–Crippen MR) is 94.8 cm³/mol. The van der Waals surface area contributed by atoms with Gasteiger partial charge in [0, 0.05) is 17.2 Å². The highest BCUT2D eigenvalue weighted by atomic mass is 32.2. The number of nitrogens with two attached hydrogens (primary N) is 1. The summed E-state index contributed by atoms with van der Waals surface area (Å²) in [5, 5.41) is 11.2. The molecular weight excluding hydrogens is 316 g/mol. The molecule has 0 aliphatic heterocycles. The number of carboxylic acids is 1. The number of hydrogen-bond acceptors (Lipinski definition) is 5. The first-order chi connectivity index (χ1) is 10.6. The molecule has 0 saturated heterocycles. The van der Waals surface area contributed by atoms with E-state index in [1.54, 1.807) is 0 Å². The monoisotopic (exact) mass is 338 g/mol. The lowest BCUT2D eigenvalue weighted by molar-refractivity contribution is -0.137. The van der Waals surface area contributed by atoms with Gasteiger partial charge in [-0.1, -0.05) is 25.0 Å². The maximum atomic E-state index is 10.7. The van der Waals surface area contributed by atoms with Crippen molar-refractivity contribution in [1.29, 1.82) is 0 Å². The van der Waals surface area contributed by atoms with Gasteiger partial charge in [-0.3, -0.25) is 4.79 Å². The van der Waals surface area contributed by atoms with Gasteiger partial charge in [-0.05, 0) is 49.2 Å². The first-order valence-corrected chi connectivity index (χ1v) is 8.76. The van der Waals surface area contributed by atoms with Crippen LogP contribution in [0, 0.1) is 0 Å². The molecule has 0 aromatic heterocycles. The number of aliphatic imine (C=N–C) groups is 1. The van der Waals surface area contributed by atoms with Gasteiger partial charge in [-0.15, -0.1) is 11.8 Å². The van der Waals surface area contributed by atoms with Gasteiger partial charge < -0.3 is 10.8 Å². The van der Waals surface area contributed by atoms with E-state index >= 15 is 0 Å². The Hall–Kier alpha value is -1.20. The fourth-order valence-electron chi connectivity index (χ4n) is 1.97. The lowest BCUT2D eigenvalue weighted by atomic mass is 10.1. The Bertz CT molecular complexity index is 517. The van der Waals surface area contributed by atoms with Crippen molar-refractivity contribution in [1.82, 2.24) is 0 Å². The molecule has 0 aliphatic carbocycles. The minimum atomic E-state index is -0.957. The molecule has 0 radical (unpaired) electrons. The van der Waals surface area contributed by atoms with E-state index in [1.165, 1.54) is 23.7 Å². The molecule has 4 nitrogen and oxygen atoms in total. The van der Waals surface area contributed by atoms with Crippen LogP contribution in [0.5, 0.6) is 0 Å². The predicted octanol–water partition coefficient (Wildman–Crippen LogP) is 3.40. The van der Waals surface area contributed by atoms with Crippen LogP contribution in [0.1, 0.15) is 31.2 Å². The van der Waals surface area contributed by atoms with Crippen LogP contribution in [0.2, 0.25) is 0 Å². The molecule has 120 valence electrons. The number of isothiocyanates is 1. The summed E-state index contributed by atoms with van der Waals surface area (Å²) >= 11 is 6.01. The molecule has 22 heavy (non-hydrogen) atoms. The summed E-state index contributed by atoms with van der Waals surface area (Å²) < 4.78 is 0. The average Bonchev–Trinajstić information content (AvgIpc) is 2.52. The molecule has 1 rings (SSSR count). The number of benzene rings is 1. The topological polar surface area (TPSA) is 75.7 Å². The molecule has 0 heterocycles. The molecule has 6 heteroatoms. The number of nitrogens with zero attached hydrogens (tertiary/aromatic N) is 1. The highest BCUT2D eigenvalue weighted by Crippen LogP contribution is 2.21. The first kappa shape index (κ1) is 18.8. The molecule has 1 atom stereocenters. The largest absolute Gasteiger partial charge is 0.480 e. The lowest BCUT2D eigenvalue weighted by Crippen LogP contribution is -2.32. The summed E-state index contributed by atoms with van der Waals surface area (Å²) in [6, 6.07) is 7.42. The van der Waals surface area contributed by atoms with E-state index in [-0.39, 0.29) is 0 Å². The van der Waals surface area contributed by atoms with Crippen LogP contribution in [0.4, 0.5) is 0 Å².